The summed E-state index contributed by atoms with van der Waals surface area (Å²) in [5, 5.41) is 0. The molecule has 3 aromatic rings. The van der Waals surface area contributed by atoms with E-state index in [1.165, 1.54) is 11.1 Å². The maximum atomic E-state index is 13.2. The van der Waals surface area contributed by atoms with Crippen LogP contribution in [0.1, 0.15) is 57.5 Å². The predicted octanol–water partition coefficient (Wildman–Crippen LogP) is 4.52. The highest BCUT2D eigenvalue weighted by molar-refractivity contribution is 5.91. The van der Waals surface area contributed by atoms with Gasteiger partial charge in [0.2, 0.25) is 5.91 Å². The lowest BCUT2D eigenvalue weighted by atomic mass is 9.87. The van der Waals surface area contributed by atoms with E-state index in [0.717, 1.165) is 36.9 Å². The first-order chi connectivity index (χ1) is 18.1. The average molecular weight is 501 g/mol. The van der Waals surface area contributed by atoms with Gasteiger partial charge in [-0.2, -0.15) is 0 Å². The molecule has 6 rings (SSSR count). The van der Waals surface area contributed by atoms with Crippen molar-refractivity contribution in [2.24, 2.45) is 5.92 Å². The number of nitrogens with zero attached hydrogens (tertiary/aromatic N) is 2. The highest BCUT2D eigenvalue weighted by atomic mass is 16.5. The molecule has 37 heavy (non-hydrogen) atoms. The first-order valence-electron chi connectivity index (χ1n) is 13.2. The number of hydrogen-bond donors (Lipinski definition) is 0. The smallest absolute Gasteiger partial charge is 0.289 e. The molecule has 2 fully saturated rings. The summed E-state index contributed by atoms with van der Waals surface area (Å²) in [5.41, 5.74) is 4.68. The Kier molecular flexibility index (Phi) is 6.47. The van der Waals surface area contributed by atoms with Crippen molar-refractivity contribution >= 4 is 11.8 Å². The van der Waals surface area contributed by atoms with E-state index >= 15 is 0 Å². The number of carbonyl (C=O) groups excluding carboxylic acids is 2. The Morgan fingerprint density at radius 1 is 0.973 bits per heavy atom. The minimum absolute atomic E-state index is 0.121. The van der Waals surface area contributed by atoms with Gasteiger partial charge in [-0.15, -0.1) is 0 Å². The molecule has 0 N–H and O–H groups in total. The van der Waals surface area contributed by atoms with Crippen LogP contribution in [0.3, 0.4) is 0 Å². The standard InChI is InChI=1S/C30H32N2O5/c1-20-2-4-22(5-3-20)28-26-18-24(9-8-21(26)12-13-32(28)29(33)23-6-7-23)36-19-25-10-11-27(37-25)30(34)31-14-16-35-17-15-31/h2-5,8-11,18,23,28H,6-7,12-17,19H2,1H3. The van der Waals surface area contributed by atoms with E-state index in [4.69, 9.17) is 13.9 Å². The molecule has 3 aliphatic rings. The van der Waals surface area contributed by atoms with Crippen molar-refractivity contribution in [3.63, 3.8) is 0 Å². The molecule has 1 saturated heterocycles. The van der Waals surface area contributed by atoms with Crippen LogP contribution in [-0.2, 0) is 22.6 Å². The maximum absolute atomic E-state index is 13.2. The molecule has 2 aromatic carbocycles. The van der Waals surface area contributed by atoms with Crippen LogP contribution in [0.15, 0.2) is 59.0 Å². The first kappa shape index (κ1) is 23.8. The quantitative estimate of drug-likeness (QED) is 0.498. The van der Waals surface area contributed by atoms with Crippen molar-refractivity contribution in [2.45, 2.75) is 38.8 Å². The summed E-state index contributed by atoms with van der Waals surface area (Å²) in [4.78, 5) is 29.7. The van der Waals surface area contributed by atoms with Crippen molar-refractivity contribution in [2.75, 3.05) is 32.8 Å². The van der Waals surface area contributed by atoms with Gasteiger partial charge in [0, 0.05) is 25.6 Å². The summed E-state index contributed by atoms with van der Waals surface area (Å²) in [5.74, 6) is 1.94. The fourth-order valence-electron chi connectivity index (χ4n) is 5.24. The Morgan fingerprint density at radius 2 is 1.76 bits per heavy atom. The van der Waals surface area contributed by atoms with Crippen LogP contribution in [0.2, 0.25) is 0 Å². The molecule has 3 heterocycles. The summed E-state index contributed by atoms with van der Waals surface area (Å²) >= 11 is 0. The molecular formula is C30H32N2O5. The molecule has 192 valence electrons. The van der Waals surface area contributed by atoms with Crippen molar-refractivity contribution in [3.8, 4) is 5.75 Å². The van der Waals surface area contributed by atoms with Gasteiger partial charge in [0.05, 0.1) is 19.3 Å². The van der Waals surface area contributed by atoms with Crippen LogP contribution in [0.5, 0.6) is 5.75 Å². The number of aryl methyl sites for hydroxylation is 1. The van der Waals surface area contributed by atoms with E-state index in [-0.39, 0.29) is 30.4 Å². The van der Waals surface area contributed by atoms with Crippen molar-refractivity contribution < 1.29 is 23.5 Å². The molecule has 0 spiro atoms. The fourth-order valence-corrected chi connectivity index (χ4v) is 5.24. The third-order valence-corrected chi connectivity index (χ3v) is 7.50. The molecule has 2 aliphatic heterocycles. The topological polar surface area (TPSA) is 72.2 Å². The van der Waals surface area contributed by atoms with Gasteiger partial charge < -0.3 is 23.7 Å². The van der Waals surface area contributed by atoms with Crippen LogP contribution in [-0.4, -0.2) is 54.5 Å². The van der Waals surface area contributed by atoms with Crippen molar-refractivity contribution in [3.05, 3.63) is 88.4 Å². The molecule has 2 amide bonds. The second kappa shape index (κ2) is 10.1. The number of amides is 2. The Morgan fingerprint density at radius 3 is 2.51 bits per heavy atom. The largest absolute Gasteiger partial charge is 0.486 e. The number of benzene rings is 2. The minimum atomic E-state index is -0.123. The number of rotatable bonds is 6. The van der Waals surface area contributed by atoms with E-state index in [9.17, 15) is 9.59 Å². The van der Waals surface area contributed by atoms with Gasteiger partial charge in [-0.1, -0.05) is 35.9 Å². The third-order valence-electron chi connectivity index (χ3n) is 7.50. The minimum Gasteiger partial charge on any atom is -0.486 e. The lowest BCUT2D eigenvalue weighted by Crippen LogP contribution is -2.41. The summed E-state index contributed by atoms with van der Waals surface area (Å²) in [6.07, 6.45) is 2.82. The molecule has 1 atom stereocenters. The highest BCUT2D eigenvalue weighted by Crippen LogP contribution is 2.41. The van der Waals surface area contributed by atoms with Crippen LogP contribution >= 0.6 is 0 Å². The van der Waals surface area contributed by atoms with Crippen LogP contribution < -0.4 is 4.74 Å². The van der Waals surface area contributed by atoms with Gasteiger partial charge in [0.25, 0.3) is 5.91 Å². The summed E-state index contributed by atoms with van der Waals surface area (Å²) < 4.78 is 17.2. The summed E-state index contributed by atoms with van der Waals surface area (Å²) in [7, 11) is 0. The lowest BCUT2D eigenvalue weighted by molar-refractivity contribution is -0.134. The Labute approximate surface area is 217 Å². The number of ether oxygens (including phenoxy) is 2. The zero-order chi connectivity index (χ0) is 25.4. The van der Waals surface area contributed by atoms with Gasteiger partial charge in [-0.25, -0.2) is 0 Å². The Bertz CT molecular complexity index is 1290. The number of furan rings is 1. The molecular weight excluding hydrogens is 468 g/mol. The summed E-state index contributed by atoms with van der Waals surface area (Å²) in [6.45, 7) is 5.27. The van der Waals surface area contributed by atoms with E-state index in [2.05, 4.69) is 48.2 Å². The molecule has 1 aliphatic carbocycles. The number of hydrogen-bond acceptors (Lipinski definition) is 5. The average Bonchev–Trinajstić information content (AvgIpc) is 3.68. The van der Waals surface area contributed by atoms with Gasteiger partial charge >= 0.3 is 0 Å². The zero-order valence-electron chi connectivity index (χ0n) is 21.2. The second-order valence-electron chi connectivity index (χ2n) is 10.2. The third kappa shape index (κ3) is 5.01. The fraction of sp³-hybridized carbons (Fsp3) is 0.400. The second-order valence-corrected chi connectivity index (χ2v) is 10.2. The van der Waals surface area contributed by atoms with Crippen LogP contribution in [0, 0.1) is 12.8 Å². The number of fused-ring (bicyclic) bond motifs is 1. The lowest BCUT2D eigenvalue weighted by Gasteiger charge is -2.38. The van der Waals surface area contributed by atoms with Crippen molar-refractivity contribution in [1.82, 2.24) is 9.80 Å². The van der Waals surface area contributed by atoms with Gasteiger partial charge in [0.1, 0.15) is 18.1 Å². The van der Waals surface area contributed by atoms with Crippen LogP contribution in [0.4, 0.5) is 0 Å². The first-order valence-corrected chi connectivity index (χ1v) is 13.2. The molecule has 1 saturated carbocycles. The van der Waals surface area contributed by atoms with E-state index < -0.39 is 0 Å². The van der Waals surface area contributed by atoms with E-state index in [1.54, 1.807) is 17.0 Å². The van der Waals surface area contributed by atoms with Gasteiger partial charge in [0.15, 0.2) is 5.76 Å². The van der Waals surface area contributed by atoms with E-state index in [1.807, 2.05) is 6.07 Å². The SMILES string of the molecule is Cc1ccc(C2c3cc(OCc4ccc(C(=O)N5CCOCC5)o4)ccc3CCN2C(=O)C2CC2)cc1. The van der Waals surface area contributed by atoms with Crippen molar-refractivity contribution in [1.29, 1.82) is 0 Å². The normalized spacial score (nSPS) is 19.4. The highest BCUT2D eigenvalue weighted by Gasteiger charge is 2.39. The van der Waals surface area contributed by atoms with Gasteiger partial charge in [-0.3, -0.25) is 9.59 Å². The molecule has 1 aromatic heterocycles. The van der Waals surface area contributed by atoms with Crippen LogP contribution in [0.25, 0.3) is 0 Å². The number of morpholine rings is 1. The maximum Gasteiger partial charge on any atom is 0.289 e. The number of carbonyl (C=O) groups is 2. The summed E-state index contributed by atoms with van der Waals surface area (Å²) in [6, 6.07) is 18.0. The monoisotopic (exact) mass is 500 g/mol. The van der Waals surface area contributed by atoms with E-state index in [0.29, 0.717) is 43.6 Å². The molecule has 1 unspecified atom stereocenters. The van der Waals surface area contributed by atoms with Gasteiger partial charge in [-0.05, 0) is 67.1 Å². The Hall–Kier alpha value is -3.58. The molecule has 0 bridgehead atoms. The zero-order valence-corrected chi connectivity index (χ0v) is 21.2. The molecule has 7 heteroatoms. The molecule has 0 radical (unpaired) electrons. The molecule has 7 nitrogen and oxygen atoms in total. The predicted molar refractivity (Wildman–Crippen MR) is 137 cm³/mol. The Balaban J connectivity index is 1.21.